The fourth-order valence-electron chi connectivity index (χ4n) is 2.42. The molecule has 96 valence electrons. The Morgan fingerprint density at radius 3 is 1.50 bits per heavy atom. The third kappa shape index (κ3) is 1.78. The number of benzene rings is 2. The maximum atomic E-state index is 3.99. The van der Waals surface area contributed by atoms with Gasteiger partial charge in [-0.25, -0.2) is 0 Å². The van der Waals surface area contributed by atoms with Crippen molar-refractivity contribution in [2.45, 2.75) is 0 Å². The topological polar surface area (TPSA) is 57.4 Å². The highest BCUT2D eigenvalue weighted by atomic mass is 15.1. The summed E-state index contributed by atoms with van der Waals surface area (Å²) in [5, 5.41) is 16.1. The second-order valence-electron chi connectivity index (χ2n) is 4.75. The molecule has 0 spiro atoms. The number of nitrogens with one attached hydrogen (secondary N) is 2. The van der Waals surface area contributed by atoms with Crippen LogP contribution in [0, 0.1) is 0 Å². The summed E-state index contributed by atoms with van der Waals surface area (Å²) in [6, 6.07) is 12.9. The molecule has 4 aromatic rings. The summed E-state index contributed by atoms with van der Waals surface area (Å²) in [7, 11) is 0. The molecule has 0 aliphatic rings. The van der Waals surface area contributed by atoms with Gasteiger partial charge in [0.15, 0.2) is 0 Å². The van der Waals surface area contributed by atoms with Gasteiger partial charge in [-0.15, -0.1) is 0 Å². The minimum atomic E-state index is 1.10. The van der Waals surface area contributed by atoms with Gasteiger partial charge >= 0.3 is 0 Å². The first-order valence-corrected chi connectivity index (χ1v) is 6.42. The van der Waals surface area contributed by atoms with Crippen LogP contribution < -0.4 is 0 Å². The third-order valence-corrected chi connectivity index (χ3v) is 3.50. The third-order valence-electron chi connectivity index (χ3n) is 3.50. The highest BCUT2D eigenvalue weighted by molar-refractivity contribution is 5.90. The van der Waals surface area contributed by atoms with Crippen LogP contribution in [0.3, 0.4) is 0 Å². The van der Waals surface area contributed by atoms with Crippen LogP contribution in [0.5, 0.6) is 0 Å². The molecule has 2 heterocycles. The maximum Gasteiger partial charge on any atom is 0.0565 e. The highest BCUT2D eigenvalue weighted by Gasteiger charge is 2.03. The number of nitrogens with zero attached hydrogens (tertiary/aromatic N) is 2. The van der Waals surface area contributed by atoms with Gasteiger partial charge in [-0.2, -0.15) is 10.2 Å². The lowest BCUT2D eigenvalue weighted by atomic mass is 10.00. The Hall–Kier alpha value is -2.88. The van der Waals surface area contributed by atoms with Gasteiger partial charge in [0.2, 0.25) is 0 Å². The molecule has 0 saturated heterocycles. The molecule has 2 aromatic heterocycles. The van der Waals surface area contributed by atoms with Gasteiger partial charge in [-0.05, 0) is 34.0 Å². The Kier molecular flexibility index (Phi) is 2.39. The number of rotatable bonds is 2. The summed E-state index contributed by atoms with van der Waals surface area (Å²) in [5.41, 5.74) is 4.54. The molecule has 0 atom stereocenters. The Bertz CT molecular complexity index is 772. The van der Waals surface area contributed by atoms with E-state index in [4.69, 9.17) is 0 Å². The molecular formula is C16H12N4. The van der Waals surface area contributed by atoms with Crippen molar-refractivity contribution in [3.05, 3.63) is 61.2 Å². The van der Waals surface area contributed by atoms with E-state index >= 15 is 0 Å². The number of fused-ring (bicyclic) bond motifs is 1. The molecule has 0 saturated carbocycles. The SMILES string of the molecule is c1cc2cc(-c3cn[nH]c3)ccc2cc1-c1cn[nH]c1. The lowest BCUT2D eigenvalue weighted by Gasteiger charge is -2.04. The van der Waals surface area contributed by atoms with Crippen molar-refractivity contribution < 1.29 is 0 Å². The molecule has 4 nitrogen and oxygen atoms in total. The molecule has 2 N–H and O–H groups in total. The van der Waals surface area contributed by atoms with Gasteiger partial charge in [-0.1, -0.05) is 24.3 Å². The fourth-order valence-corrected chi connectivity index (χ4v) is 2.42. The van der Waals surface area contributed by atoms with E-state index in [9.17, 15) is 0 Å². The second-order valence-corrected chi connectivity index (χ2v) is 4.75. The van der Waals surface area contributed by atoms with Crippen molar-refractivity contribution in [2.24, 2.45) is 0 Å². The van der Waals surface area contributed by atoms with Crippen LogP contribution >= 0.6 is 0 Å². The van der Waals surface area contributed by atoms with Gasteiger partial charge in [0.25, 0.3) is 0 Å². The molecular weight excluding hydrogens is 248 g/mol. The monoisotopic (exact) mass is 260 g/mol. The predicted octanol–water partition coefficient (Wildman–Crippen LogP) is 3.62. The normalized spacial score (nSPS) is 11.0. The molecule has 0 radical (unpaired) electrons. The molecule has 0 aliphatic heterocycles. The van der Waals surface area contributed by atoms with Crippen LogP contribution in [0.2, 0.25) is 0 Å². The molecule has 0 unspecified atom stereocenters. The molecule has 2 aromatic carbocycles. The molecule has 4 rings (SSSR count). The zero-order valence-electron chi connectivity index (χ0n) is 10.7. The Balaban J connectivity index is 1.83. The van der Waals surface area contributed by atoms with Crippen LogP contribution in [-0.4, -0.2) is 20.4 Å². The van der Waals surface area contributed by atoms with Crippen molar-refractivity contribution in [2.75, 3.05) is 0 Å². The van der Waals surface area contributed by atoms with Crippen molar-refractivity contribution in [1.29, 1.82) is 0 Å². The molecule has 0 aliphatic carbocycles. The second kappa shape index (κ2) is 4.35. The van der Waals surface area contributed by atoms with Crippen LogP contribution in [0.15, 0.2) is 61.2 Å². The number of hydrogen-bond acceptors (Lipinski definition) is 2. The minimum absolute atomic E-state index is 1.10. The van der Waals surface area contributed by atoms with Crippen molar-refractivity contribution in [1.82, 2.24) is 20.4 Å². The number of aromatic nitrogens is 4. The first-order valence-electron chi connectivity index (χ1n) is 6.42. The lowest BCUT2D eigenvalue weighted by molar-refractivity contribution is 1.09. The van der Waals surface area contributed by atoms with E-state index in [2.05, 4.69) is 56.8 Å². The summed E-state index contributed by atoms with van der Waals surface area (Å²) >= 11 is 0. The van der Waals surface area contributed by atoms with Crippen LogP contribution in [0.25, 0.3) is 33.0 Å². The van der Waals surface area contributed by atoms with Gasteiger partial charge in [0.05, 0.1) is 12.4 Å². The number of hydrogen-bond donors (Lipinski definition) is 2. The van der Waals surface area contributed by atoms with Crippen molar-refractivity contribution in [3.63, 3.8) is 0 Å². The molecule has 4 heteroatoms. The van der Waals surface area contributed by atoms with Crippen LogP contribution in [-0.2, 0) is 0 Å². The average Bonchev–Trinajstić information content (AvgIpc) is 3.19. The summed E-state index contributed by atoms with van der Waals surface area (Å²) in [4.78, 5) is 0. The zero-order chi connectivity index (χ0) is 13.4. The van der Waals surface area contributed by atoms with Gasteiger partial charge in [0, 0.05) is 23.5 Å². The van der Waals surface area contributed by atoms with Crippen molar-refractivity contribution in [3.8, 4) is 22.3 Å². The quantitative estimate of drug-likeness (QED) is 0.578. The average molecular weight is 260 g/mol. The van der Waals surface area contributed by atoms with Crippen LogP contribution in [0.4, 0.5) is 0 Å². The summed E-state index contributed by atoms with van der Waals surface area (Å²) in [6.07, 6.45) is 7.48. The van der Waals surface area contributed by atoms with E-state index < -0.39 is 0 Å². The van der Waals surface area contributed by atoms with E-state index in [0.29, 0.717) is 0 Å². The molecule has 20 heavy (non-hydrogen) atoms. The summed E-state index contributed by atoms with van der Waals surface area (Å²) in [6.45, 7) is 0. The Morgan fingerprint density at radius 2 is 1.10 bits per heavy atom. The van der Waals surface area contributed by atoms with Crippen molar-refractivity contribution >= 4 is 10.8 Å². The summed E-state index contributed by atoms with van der Waals surface area (Å²) in [5.74, 6) is 0. The van der Waals surface area contributed by atoms with Gasteiger partial charge < -0.3 is 0 Å². The molecule has 0 fully saturated rings. The number of H-pyrrole nitrogens is 2. The van der Waals surface area contributed by atoms with E-state index in [0.717, 1.165) is 11.1 Å². The van der Waals surface area contributed by atoms with Gasteiger partial charge in [0.1, 0.15) is 0 Å². The lowest BCUT2D eigenvalue weighted by Crippen LogP contribution is -1.79. The molecule has 0 amide bonds. The fraction of sp³-hybridized carbons (Fsp3) is 0. The highest BCUT2D eigenvalue weighted by Crippen LogP contribution is 2.27. The standard InChI is InChI=1S/C16H12N4/c1-3-13(15-7-17-18-8-15)6-12-2-4-14(5-11(1)12)16-9-19-20-10-16/h1-10H,(H,17,18)(H,19,20). The van der Waals surface area contributed by atoms with E-state index in [1.807, 2.05) is 24.8 Å². The minimum Gasteiger partial charge on any atom is -0.285 e. The first-order chi connectivity index (χ1) is 9.90. The van der Waals surface area contributed by atoms with E-state index in [1.54, 1.807) is 0 Å². The van der Waals surface area contributed by atoms with E-state index in [-0.39, 0.29) is 0 Å². The summed E-state index contributed by atoms with van der Waals surface area (Å²) < 4.78 is 0. The molecule has 0 bridgehead atoms. The first kappa shape index (κ1) is 11.0. The Labute approximate surface area is 115 Å². The number of aromatic amines is 2. The predicted molar refractivity (Wildman–Crippen MR) is 79.1 cm³/mol. The van der Waals surface area contributed by atoms with E-state index in [1.165, 1.54) is 21.9 Å². The smallest absolute Gasteiger partial charge is 0.0565 e. The maximum absolute atomic E-state index is 3.99. The zero-order valence-corrected chi connectivity index (χ0v) is 10.7. The largest absolute Gasteiger partial charge is 0.285 e. The van der Waals surface area contributed by atoms with Gasteiger partial charge in [-0.3, -0.25) is 10.2 Å². The Morgan fingerprint density at radius 1 is 0.600 bits per heavy atom. The van der Waals surface area contributed by atoms with Crippen LogP contribution in [0.1, 0.15) is 0 Å².